The molecule has 0 saturated heterocycles. The highest BCUT2D eigenvalue weighted by Crippen LogP contribution is 2.32. The fourth-order valence-electron chi connectivity index (χ4n) is 1.64. The monoisotopic (exact) mass is 259 g/mol. The first-order valence-corrected chi connectivity index (χ1v) is 5.33. The van der Waals surface area contributed by atoms with Crippen LogP contribution in [0.25, 0.3) is 0 Å². The number of hydrogen-bond donors (Lipinski definition) is 0. The zero-order chi connectivity index (χ0) is 13.7. The molecule has 0 N–H and O–H groups in total. The lowest BCUT2D eigenvalue weighted by molar-refractivity contribution is -0.308. The van der Waals surface area contributed by atoms with E-state index in [-0.39, 0.29) is 11.5 Å². The third-order valence-corrected chi connectivity index (χ3v) is 2.50. The topological polar surface area (TPSA) is 58.6 Å². The summed E-state index contributed by atoms with van der Waals surface area (Å²) < 4.78 is 33.5. The van der Waals surface area contributed by atoms with E-state index in [1.54, 1.807) is 6.92 Å². The number of methoxy groups -OCH3 is 1. The zero-order valence-corrected chi connectivity index (χ0v) is 9.98. The molecule has 0 aliphatic heterocycles. The summed E-state index contributed by atoms with van der Waals surface area (Å²) in [7, 11) is 1.31. The van der Waals surface area contributed by atoms with Crippen LogP contribution in [0.2, 0.25) is 0 Å². The fourth-order valence-corrected chi connectivity index (χ4v) is 1.64. The first kappa shape index (κ1) is 14.2. The molecular formula is C12H13F2O4-. The number of aliphatic carboxylic acids is 1. The van der Waals surface area contributed by atoms with E-state index in [2.05, 4.69) is 4.74 Å². The van der Waals surface area contributed by atoms with E-state index in [1.165, 1.54) is 25.3 Å². The summed E-state index contributed by atoms with van der Waals surface area (Å²) in [6, 6.07) is 4.11. The van der Waals surface area contributed by atoms with Crippen LogP contribution >= 0.6 is 0 Å². The van der Waals surface area contributed by atoms with Gasteiger partial charge in [0.25, 0.3) is 0 Å². The summed E-state index contributed by atoms with van der Waals surface area (Å²) in [5.74, 6) is -2.20. The van der Waals surface area contributed by atoms with Gasteiger partial charge in [-0.25, -0.2) is 0 Å². The van der Waals surface area contributed by atoms with Gasteiger partial charge in [0.15, 0.2) is 11.5 Å². The van der Waals surface area contributed by atoms with Crippen LogP contribution in [0.4, 0.5) is 8.78 Å². The van der Waals surface area contributed by atoms with Gasteiger partial charge in [0.05, 0.1) is 7.11 Å². The molecule has 0 aliphatic rings. The maximum atomic E-state index is 12.2. The van der Waals surface area contributed by atoms with E-state index < -0.39 is 18.5 Å². The van der Waals surface area contributed by atoms with Gasteiger partial charge < -0.3 is 19.4 Å². The summed E-state index contributed by atoms with van der Waals surface area (Å²) in [5.41, 5.74) is 0.342. The molecule has 0 spiro atoms. The minimum Gasteiger partial charge on any atom is -0.549 e. The van der Waals surface area contributed by atoms with Gasteiger partial charge in [0, 0.05) is 11.9 Å². The molecule has 0 saturated carbocycles. The Morgan fingerprint density at radius 3 is 2.50 bits per heavy atom. The number of carboxylic acids is 1. The predicted molar refractivity (Wildman–Crippen MR) is 57.7 cm³/mol. The molecule has 0 aliphatic carbocycles. The molecular weight excluding hydrogens is 246 g/mol. The zero-order valence-electron chi connectivity index (χ0n) is 9.98. The van der Waals surface area contributed by atoms with Gasteiger partial charge in [-0.05, 0) is 24.1 Å². The first-order chi connectivity index (χ1) is 8.49. The van der Waals surface area contributed by atoms with Crippen LogP contribution in [0, 0.1) is 0 Å². The normalized spacial score (nSPS) is 12.3. The van der Waals surface area contributed by atoms with Crippen LogP contribution in [-0.2, 0) is 4.79 Å². The molecule has 1 atom stereocenters. The molecule has 0 aromatic heterocycles. The van der Waals surface area contributed by atoms with Gasteiger partial charge in [0.2, 0.25) is 0 Å². The van der Waals surface area contributed by atoms with Crippen LogP contribution in [-0.4, -0.2) is 19.7 Å². The average molecular weight is 259 g/mol. The Balaban J connectivity index is 3.12. The Morgan fingerprint density at radius 2 is 2.06 bits per heavy atom. The van der Waals surface area contributed by atoms with Crippen LogP contribution in [0.3, 0.4) is 0 Å². The lowest BCUT2D eigenvalue weighted by Gasteiger charge is -2.18. The minimum atomic E-state index is -3.00. The van der Waals surface area contributed by atoms with Gasteiger partial charge in [-0.2, -0.15) is 8.78 Å². The molecule has 0 heterocycles. The summed E-state index contributed by atoms with van der Waals surface area (Å²) in [6.45, 7) is -1.34. The van der Waals surface area contributed by atoms with Crippen molar-refractivity contribution in [2.24, 2.45) is 0 Å². The third kappa shape index (κ3) is 3.32. The molecule has 1 aromatic rings. The molecule has 0 bridgehead atoms. The van der Waals surface area contributed by atoms with Crippen molar-refractivity contribution < 1.29 is 28.2 Å². The molecule has 4 nitrogen and oxygen atoms in total. The van der Waals surface area contributed by atoms with E-state index in [0.29, 0.717) is 12.0 Å². The molecule has 6 heteroatoms. The highest BCUT2D eigenvalue weighted by Gasteiger charge is 2.16. The number of alkyl halides is 2. The number of carbonyl (C=O) groups excluding carboxylic acids is 1. The lowest BCUT2D eigenvalue weighted by Crippen LogP contribution is -2.29. The highest BCUT2D eigenvalue weighted by molar-refractivity contribution is 5.74. The van der Waals surface area contributed by atoms with Gasteiger partial charge in [-0.15, -0.1) is 0 Å². The number of benzene rings is 1. The van der Waals surface area contributed by atoms with E-state index in [9.17, 15) is 18.7 Å². The Bertz CT molecular complexity index is 421. The number of carboxylic acid groups (broad SMARTS) is 1. The van der Waals surface area contributed by atoms with E-state index in [1.807, 2.05) is 0 Å². The second-order valence-electron chi connectivity index (χ2n) is 3.57. The molecule has 1 unspecified atom stereocenters. The number of rotatable bonds is 6. The maximum absolute atomic E-state index is 12.2. The van der Waals surface area contributed by atoms with Gasteiger partial charge in [-0.3, -0.25) is 0 Å². The van der Waals surface area contributed by atoms with Crippen molar-refractivity contribution in [2.75, 3.05) is 7.11 Å². The fraction of sp³-hybridized carbons (Fsp3) is 0.417. The van der Waals surface area contributed by atoms with Crippen LogP contribution in [0.15, 0.2) is 18.2 Å². The Labute approximate surface area is 103 Å². The largest absolute Gasteiger partial charge is 0.549 e. The quantitative estimate of drug-likeness (QED) is 0.777. The van der Waals surface area contributed by atoms with Crippen molar-refractivity contribution in [2.45, 2.75) is 25.9 Å². The summed E-state index contributed by atoms with van der Waals surface area (Å²) in [5, 5.41) is 10.9. The maximum Gasteiger partial charge on any atom is 0.387 e. The Hall–Kier alpha value is -1.85. The van der Waals surface area contributed by atoms with Crippen molar-refractivity contribution in [3.8, 4) is 11.5 Å². The Morgan fingerprint density at radius 1 is 1.39 bits per heavy atom. The van der Waals surface area contributed by atoms with Gasteiger partial charge in [0.1, 0.15) is 0 Å². The third-order valence-electron chi connectivity index (χ3n) is 2.50. The Kier molecular flexibility index (Phi) is 4.88. The average Bonchev–Trinajstić information content (AvgIpc) is 2.29. The standard InChI is InChI=1S/C12H14F2O4/c1-3-8(11(15)16)7-4-5-9(17-2)10(6-7)18-12(13)14/h4-6,8,12H,3H2,1-2H3,(H,15,16)/p-1. The first-order valence-electron chi connectivity index (χ1n) is 5.33. The van der Waals surface area contributed by atoms with E-state index in [4.69, 9.17) is 4.74 Å². The minimum absolute atomic E-state index is 0.118. The second kappa shape index (κ2) is 6.18. The summed E-state index contributed by atoms with van der Waals surface area (Å²) in [4.78, 5) is 10.9. The van der Waals surface area contributed by atoms with Gasteiger partial charge in [-0.1, -0.05) is 13.0 Å². The van der Waals surface area contributed by atoms with Crippen molar-refractivity contribution in [1.82, 2.24) is 0 Å². The number of halogens is 2. The van der Waals surface area contributed by atoms with E-state index in [0.717, 1.165) is 0 Å². The van der Waals surface area contributed by atoms with Crippen LogP contribution < -0.4 is 14.6 Å². The molecule has 0 fully saturated rings. The number of ether oxygens (including phenoxy) is 2. The van der Waals surface area contributed by atoms with Crippen molar-refractivity contribution in [3.63, 3.8) is 0 Å². The molecule has 1 rings (SSSR count). The molecule has 0 amide bonds. The lowest BCUT2D eigenvalue weighted by atomic mass is 9.96. The van der Waals surface area contributed by atoms with E-state index >= 15 is 0 Å². The van der Waals surface area contributed by atoms with Gasteiger partial charge >= 0.3 is 6.61 Å². The SMILES string of the molecule is CCC(C(=O)[O-])c1ccc(OC)c(OC(F)F)c1. The predicted octanol–water partition coefficient (Wildman–Crippen LogP) is 1.54. The smallest absolute Gasteiger partial charge is 0.387 e. The highest BCUT2D eigenvalue weighted by atomic mass is 19.3. The molecule has 100 valence electrons. The summed E-state index contributed by atoms with van der Waals surface area (Å²) >= 11 is 0. The number of carbonyl (C=O) groups is 1. The van der Waals surface area contributed by atoms with Crippen molar-refractivity contribution in [3.05, 3.63) is 23.8 Å². The number of hydrogen-bond acceptors (Lipinski definition) is 4. The van der Waals surface area contributed by atoms with Crippen LogP contribution in [0.5, 0.6) is 11.5 Å². The second-order valence-corrected chi connectivity index (χ2v) is 3.57. The molecule has 1 aromatic carbocycles. The molecule has 18 heavy (non-hydrogen) atoms. The van der Waals surface area contributed by atoms with Crippen molar-refractivity contribution in [1.29, 1.82) is 0 Å². The van der Waals surface area contributed by atoms with Crippen LogP contribution in [0.1, 0.15) is 24.8 Å². The summed E-state index contributed by atoms with van der Waals surface area (Å²) in [6.07, 6.45) is 0.294. The molecule has 0 radical (unpaired) electrons. The van der Waals surface area contributed by atoms with Crippen molar-refractivity contribution >= 4 is 5.97 Å².